The zero-order valence-electron chi connectivity index (χ0n) is 10.1. The Morgan fingerprint density at radius 2 is 1.94 bits per heavy atom. The number of hydrogen-bond acceptors (Lipinski definition) is 2. The van der Waals surface area contributed by atoms with Gasteiger partial charge in [0, 0.05) is 18.1 Å². The van der Waals surface area contributed by atoms with Gasteiger partial charge in [-0.3, -0.25) is 0 Å². The fraction of sp³-hybridized carbons (Fsp3) is 0.500. The highest BCUT2D eigenvalue weighted by Crippen LogP contribution is 2.40. The van der Waals surface area contributed by atoms with E-state index in [-0.39, 0.29) is 0 Å². The molecule has 1 aliphatic carbocycles. The summed E-state index contributed by atoms with van der Waals surface area (Å²) in [5.74, 6) is 0.606. The van der Waals surface area contributed by atoms with Gasteiger partial charge in [-0.1, -0.05) is 18.0 Å². The second kappa shape index (κ2) is 4.47. The maximum Gasteiger partial charge on any atom is 0.337 e. The van der Waals surface area contributed by atoms with Crippen LogP contribution in [0.2, 0.25) is 5.02 Å². The first kappa shape index (κ1) is 11.8. The van der Waals surface area contributed by atoms with Crippen molar-refractivity contribution >= 4 is 23.3 Å². The van der Waals surface area contributed by atoms with Crippen LogP contribution in [0.5, 0.6) is 0 Å². The highest BCUT2D eigenvalue weighted by molar-refractivity contribution is 6.31. The minimum absolute atomic E-state index is 0.322. The van der Waals surface area contributed by atoms with E-state index in [1.54, 1.807) is 12.1 Å². The van der Waals surface area contributed by atoms with E-state index < -0.39 is 5.97 Å². The normalized spacial score (nSPS) is 26.4. The molecule has 1 N–H and O–H groups in total. The molecule has 2 unspecified atom stereocenters. The number of rotatable bonds is 2. The number of carbonyl (C=O) groups is 1. The Labute approximate surface area is 111 Å². The molecule has 0 aromatic heterocycles. The number of aromatic carboxylic acids is 1. The third kappa shape index (κ3) is 1.97. The molecule has 0 spiro atoms. The smallest absolute Gasteiger partial charge is 0.337 e. The van der Waals surface area contributed by atoms with Crippen LogP contribution < -0.4 is 4.90 Å². The molecule has 96 valence electrons. The largest absolute Gasteiger partial charge is 0.478 e. The Kier molecular flexibility index (Phi) is 2.94. The molecular formula is C14H16ClNO2. The number of carboxylic acid groups (broad SMARTS) is 1. The number of halogens is 1. The molecule has 1 saturated heterocycles. The summed E-state index contributed by atoms with van der Waals surface area (Å²) in [6.45, 7) is 1.99. The van der Waals surface area contributed by atoms with Crippen molar-refractivity contribution in [2.75, 3.05) is 18.0 Å². The Morgan fingerprint density at radius 3 is 2.56 bits per heavy atom. The Hall–Kier alpha value is -1.22. The predicted molar refractivity (Wildman–Crippen MR) is 71.5 cm³/mol. The average molecular weight is 266 g/mol. The topological polar surface area (TPSA) is 40.5 Å². The highest BCUT2D eigenvalue weighted by atomic mass is 35.5. The lowest BCUT2D eigenvalue weighted by Crippen LogP contribution is -2.23. The number of benzene rings is 1. The summed E-state index contributed by atoms with van der Waals surface area (Å²) in [5, 5.41) is 9.75. The second-order valence-corrected chi connectivity index (χ2v) is 5.76. The summed E-state index contributed by atoms with van der Waals surface area (Å²) in [6.07, 6.45) is 3.91. The molecule has 1 aromatic carbocycles. The molecule has 1 aromatic rings. The zero-order valence-corrected chi connectivity index (χ0v) is 10.9. The molecular weight excluding hydrogens is 250 g/mol. The molecule has 1 heterocycles. The molecule has 2 aliphatic rings. The molecule has 0 bridgehead atoms. The molecule has 3 nitrogen and oxygen atoms in total. The first-order chi connectivity index (χ1) is 8.65. The van der Waals surface area contributed by atoms with Gasteiger partial charge in [0.1, 0.15) is 0 Å². The summed E-state index contributed by atoms with van der Waals surface area (Å²) >= 11 is 5.88. The third-order valence-electron chi connectivity index (χ3n) is 4.26. The lowest BCUT2D eigenvalue weighted by Gasteiger charge is -2.21. The van der Waals surface area contributed by atoms with Crippen molar-refractivity contribution in [2.24, 2.45) is 11.8 Å². The van der Waals surface area contributed by atoms with E-state index in [1.165, 1.54) is 19.3 Å². The standard InChI is InChI=1S/C14H16ClNO2/c15-11-4-5-13(12(6-11)14(17)18)16-7-9-2-1-3-10(9)8-16/h4-6,9-10H,1-3,7-8H2,(H,17,18). The Bertz CT molecular complexity index is 477. The molecule has 4 heteroatoms. The summed E-state index contributed by atoms with van der Waals surface area (Å²) in [5.41, 5.74) is 1.14. The van der Waals surface area contributed by atoms with Gasteiger partial charge in [0.05, 0.1) is 11.3 Å². The molecule has 3 rings (SSSR count). The minimum Gasteiger partial charge on any atom is -0.478 e. The van der Waals surface area contributed by atoms with Crippen LogP contribution in [0.3, 0.4) is 0 Å². The first-order valence-electron chi connectivity index (χ1n) is 6.43. The van der Waals surface area contributed by atoms with Crippen LogP contribution in [0.25, 0.3) is 0 Å². The van der Waals surface area contributed by atoms with Crippen molar-refractivity contribution in [1.29, 1.82) is 0 Å². The fourth-order valence-corrected chi connectivity index (χ4v) is 3.56. The molecule has 0 radical (unpaired) electrons. The summed E-state index contributed by atoms with van der Waals surface area (Å²) in [4.78, 5) is 13.5. The maximum absolute atomic E-state index is 11.3. The van der Waals surface area contributed by atoms with E-state index in [4.69, 9.17) is 11.6 Å². The number of fused-ring (bicyclic) bond motifs is 1. The lowest BCUT2D eigenvalue weighted by molar-refractivity contribution is 0.0697. The number of carboxylic acids is 1. The SMILES string of the molecule is O=C(O)c1cc(Cl)ccc1N1CC2CCCC2C1. The van der Waals surface area contributed by atoms with Crippen LogP contribution >= 0.6 is 11.6 Å². The number of anilines is 1. The fourth-order valence-electron chi connectivity index (χ4n) is 3.39. The van der Waals surface area contributed by atoms with Gasteiger partial charge < -0.3 is 10.0 Å². The van der Waals surface area contributed by atoms with E-state index in [0.29, 0.717) is 10.6 Å². The van der Waals surface area contributed by atoms with E-state index in [9.17, 15) is 9.90 Å². The van der Waals surface area contributed by atoms with Gasteiger partial charge in [0.15, 0.2) is 0 Å². The van der Waals surface area contributed by atoms with Gasteiger partial charge in [-0.2, -0.15) is 0 Å². The molecule has 0 amide bonds. The lowest BCUT2D eigenvalue weighted by atomic mass is 10.0. The van der Waals surface area contributed by atoms with Crippen molar-refractivity contribution < 1.29 is 9.90 Å². The van der Waals surface area contributed by atoms with Crippen LogP contribution in [0.15, 0.2) is 18.2 Å². The zero-order chi connectivity index (χ0) is 12.7. The number of nitrogens with zero attached hydrogens (tertiary/aromatic N) is 1. The van der Waals surface area contributed by atoms with Crippen molar-refractivity contribution in [1.82, 2.24) is 0 Å². The van der Waals surface area contributed by atoms with E-state index in [0.717, 1.165) is 30.6 Å². The van der Waals surface area contributed by atoms with E-state index in [1.807, 2.05) is 6.07 Å². The molecule has 2 fully saturated rings. The predicted octanol–water partition coefficient (Wildman–Crippen LogP) is 3.27. The van der Waals surface area contributed by atoms with Crippen LogP contribution in [0.4, 0.5) is 5.69 Å². The van der Waals surface area contributed by atoms with Gasteiger partial charge in [-0.25, -0.2) is 4.79 Å². The summed E-state index contributed by atoms with van der Waals surface area (Å²) in [6, 6.07) is 5.16. The molecule has 1 aliphatic heterocycles. The minimum atomic E-state index is -0.899. The van der Waals surface area contributed by atoms with Crippen LogP contribution in [0.1, 0.15) is 29.6 Å². The quantitative estimate of drug-likeness (QED) is 0.892. The van der Waals surface area contributed by atoms with Crippen molar-refractivity contribution in [2.45, 2.75) is 19.3 Å². The van der Waals surface area contributed by atoms with Gasteiger partial charge >= 0.3 is 5.97 Å². The molecule has 18 heavy (non-hydrogen) atoms. The first-order valence-corrected chi connectivity index (χ1v) is 6.81. The van der Waals surface area contributed by atoms with Gasteiger partial charge in [-0.05, 0) is 42.9 Å². The second-order valence-electron chi connectivity index (χ2n) is 5.32. The van der Waals surface area contributed by atoms with Gasteiger partial charge in [0.2, 0.25) is 0 Å². The highest BCUT2D eigenvalue weighted by Gasteiger charge is 2.37. The molecule has 1 saturated carbocycles. The number of hydrogen-bond donors (Lipinski definition) is 1. The van der Waals surface area contributed by atoms with Crippen LogP contribution in [0, 0.1) is 11.8 Å². The van der Waals surface area contributed by atoms with Gasteiger partial charge in [0.25, 0.3) is 0 Å². The van der Waals surface area contributed by atoms with Crippen molar-refractivity contribution in [3.05, 3.63) is 28.8 Å². The van der Waals surface area contributed by atoms with Crippen molar-refractivity contribution in [3.63, 3.8) is 0 Å². The maximum atomic E-state index is 11.3. The summed E-state index contributed by atoms with van der Waals surface area (Å²) in [7, 11) is 0. The average Bonchev–Trinajstić information content (AvgIpc) is 2.88. The Morgan fingerprint density at radius 1 is 1.28 bits per heavy atom. The summed E-state index contributed by atoms with van der Waals surface area (Å²) < 4.78 is 0. The van der Waals surface area contributed by atoms with Gasteiger partial charge in [-0.15, -0.1) is 0 Å². The Balaban J connectivity index is 1.90. The molecule has 2 atom stereocenters. The van der Waals surface area contributed by atoms with Crippen molar-refractivity contribution in [3.8, 4) is 0 Å². The van der Waals surface area contributed by atoms with Crippen LogP contribution in [-0.4, -0.2) is 24.2 Å². The van der Waals surface area contributed by atoms with E-state index in [2.05, 4.69) is 4.90 Å². The van der Waals surface area contributed by atoms with Crippen LogP contribution in [-0.2, 0) is 0 Å². The third-order valence-corrected chi connectivity index (χ3v) is 4.49. The van der Waals surface area contributed by atoms with E-state index >= 15 is 0 Å². The monoisotopic (exact) mass is 265 g/mol.